The van der Waals surface area contributed by atoms with Gasteiger partial charge in [0, 0.05) is 0 Å². The second-order valence-electron chi connectivity index (χ2n) is 4.44. The van der Waals surface area contributed by atoms with Crippen LogP contribution in [0.2, 0.25) is 0 Å². The summed E-state index contributed by atoms with van der Waals surface area (Å²) in [7, 11) is 0. The van der Waals surface area contributed by atoms with Gasteiger partial charge in [0.05, 0.1) is 5.75 Å². The molecule has 1 aromatic heterocycles. The van der Waals surface area contributed by atoms with Gasteiger partial charge in [0.15, 0.2) is 11.9 Å². The summed E-state index contributed by atoms with van der Waals surface area (Å²) in [6.07, 6.45) is -0.0410. The quantitative estimate of drug-likeness (QED) is 0.877. The number of carbonyl (C=O) groups is 1. The molecule has 1 N–H and O–H groups in total. The summed E-state index contributed by atoms with van der Waals surface area (Å²) in [5, 5.41) is 13.2. The third-order valence-corrected chi connectivity index (χ3v) is 3.69. The molecule has 0 aliphatic carbocycles. The van der Waals surface area contributed by atoms with Crippen molar-refractivity contribution in [3.8, 4) is 0 Å². The molecule has 0 bridgehead atoms. The molecule has 1 aromatic rings. The maximum Gasteiger partial charge on any atom is 0.332 e. The average molecular weight is 272 g/mol. The summed E-state index contributed by atoms with van der Waals surface area (Å²) in [6, 6.07) is 0. The molecule has 2 heterocycles. The molecule has 0 saturated carbocycles. The van der Waals surface area contributed by atoms with Gasteiger partial charge in [-0.2, -0.15) is 16.7 Å². The van der Waals surface area contributed by atoms with Gasteiger partial charge < -0.3 is 14.4 Å². The minimum atomic E-state index is -0.937. The summed E-state index contributed by atoms with van der Waals surface area (Å²) >= 11 is 1.73. The predicted molar refractivity (Wildman–Crippen MR) is 65.2 cm³/mol. The van der Waals surface area contributed by atoms with E-state index in [-0.39, 0.29) is 6.10 Å². The molecule has 6 nitrogen and oxygen atoms in total. The van der Waals surface area contributed by atoms with E-state index in [0.29, 0.717) is 35.6 Å². The highest BCUT2D eigenvalue weighted by Crippen LogP contribution is 2.32. The van der Waals surface area contributed by atoms with Gasteiger partial charge in [-0.1, -0.05) is 19.0 Å². The molecule has 0 amide bonds. The van der Waals surface area contributed by atoms with Crippen molar-refractivity contribution in [2.75, 3.05) is 0 Å². The Kier molecular flexibility index (Phi) is 4.23. The van der Waals surface area contributed by atoms with Crippen molar-refractivity contribution in [3.05, 3.63) is 11.7 Å². The number of hydrogen-bond acceptors (Lipinski definition) is 6. The van der Waals surface area contributed by atoms with E-state index in [1.807, 2.05) is 0 Å². The molecule has 100 valence electrons. The smallest absolute Gasteiger partial charge is 0.332 e. The van der Waals surface area contributed by atoms with Crippen molar-refractivity contribution >= 4 is 17.7 Å². The summed E-state index contributed by atoms with van der Waals surface area (Å²) in [5.41, 5.74) is 0. The van der Waals surface area contributed by atoms with E-state index in [9.17, 15) is 4.79 Å². The molecule has 1 fully saturated rings. The molecule has 0 radical (unpaired) electrons. The molecule has 18 heavy (non-hydrogen) atoms. The first kappa shape index (κ1) is 13.4. The fourth-order valence-electron chi connectivity index (χ4n) is 1.70. The maximum absolute atomic E-state index is 10.8. The number of carboxylic acids is 1. The monoisotopic (exact) mass is 272 g/mol. The molecule has 1 aliphatic rings. The normalized spacial score (nSPS) is 23.7. The molecular weight excluding hydrogens is 256 g/mol. The first-order valence-electron chi connectivity index (χ1n) is 5.88. The lowest BCUT2D eigenvalue weighted by atomic mass is 10.2. The van der Waals surface area contributed by atoms with Crippen LogP contribution in [0.25, 0.3) is 0 Å². The Labute approximate surface area is 109 Å². The van der Waals surface area contributed by atoms with Crippen LogP contribution in [-0.4, -0.2) is 32.6 Å². The van der Waals surface area contributed by atoms with Gasteiger partial charge >= 0.3 is 5.97 Å². The van der Waals surface area contributed by atoms with Crippen molar-refractivity contribution in [2.45, 2.75) is 49.9 Å². The van der Waals surface area contributed by atoms with Crippen molar-refractivity contribution in [1.29, 1.82) is 0 Å². The van der Waals surface area contributed by atoms with Gasteiger partial charge in [-0.15, -0.1) is 0 Å². The Morgan fingerprint density at radius 3 is 2.94 bits per heavy atom. The first-order valence-corrected chi connectivity index (χ1v) is 6.93. The number of nitrogens with zero attached hydrogens (tertiary/aromatic N) is 2. The van der Waals surface area contributed by atoms with Crippen molar-refractivity contribution in [3.63, 3.8) is 0 Å². The van der Waals surface area contributed by atoms with Crippen LogP contribution in [0.4, 0.5) is 0 Å². The van der Waals surface area contributed by atoms with Crippen LogP contribution in [0.5, 0.6) is 0 Å². The summed E-state index contributed by atoms with van der Waals surface area (Å²) in [6.45, 7) is 4.20. The van der Waals surface area contributed by atoms with Crippen LogP contribution in [-0.2, 0) is 15.3 Å². The Bertz CT molecular complexity index is 421. The zero-order chi connectivity index (χ0) is 13.1. The highest BCUT2D eigenvalue weighted by atomic mass is 32.2. The SMILES string of the molecule is CC(C)SCc1noc(C2CCC(C(=O)O)O2)n1. The van der Waals surface area contributed by atoms with Crippen LogP contribution < -0.4 is 0 Å². The van der Waals surface area contributed by atoms with Gasteiger partial charge in [0.1, 0.15) is 6.10 Å². The lowest BCUT2D eigenvalue weighted by Crippen LogP contribution is -2.18. The van der Waals surface area contributed by atoms with Gasteiger partial charge in [-0.3, -0.25) is 0 Å². The highest BCUT2D eigenvalue weighted by Gasteiger charge is 2.34. The Morgan fingerprint density at radius 1 is 1.56 bits per heavy atom. The Morgan fingerprint density at radius 2 is 2.33 bits per heavy atom. The Hall–Kier alpha value is -1.08. The lowest BCUT2D eigenvalue weighted by molar-refractivity contribution is -0.150. The van der Waals surface area contributed by atoms with Gasteiger partial charge in [-0.05, 0) is 18.1 Å². The molecule has 2 atom stereocenters. The van der Waals surface area contributed by atoms with E-state index in [1.54, 1.807) is 11.8 Å². The molecule has 7 heteroatoms. The average Bonchev–Trinajstić information content (AvgIpc) is 2.95. The predicted octanol–water partition coefficient (Wildman–Crippen LogP) is 2.02. The van der Waals surface area contributed by atoms with E-state index in [2.05, 4.69) is 24.0 Å². The number of thioether (sulfide) groups is 1. The van der Waals surface area contributed by atoms with Crippen molar-refractivity contribution < 1.29 is 19.2 Å². The number of aromatic nitrogens is 2. The number of hydrogen-bond donors (Lipinski definition) is 1. The third-order valence-electron chi connectivity index (χ3n) is 2.60. The van der Waals surface area contributed by atoms with Crippen LogP contribution in [0, 0.1) is 0 Å². The third kappa shape index (κ3) is 3.23. The molecule has 0 aromatic carbocycles. The van der Waals surface area contributed by atoms with Gasteiger partial charge in [0.25, 0.3) is 5.89 Å². The largest absolute Gasteiger partial charge is 0.479 e. The van der Waals surface area contributed by atoms with Crippen LogP contribution in [0.15, 0.2) is 4.52 Å². The number of rotatable bonds is 5. The fraction of sp³-hybridized carbons (Fsp3) is 0.727. The minimum Gasteiger partial charge on any atom is -0.479 e. The molecule has 1 aliphatic heterocycles. The van der Waals surface area contributed by atoms with E-state index < -0.39 is 12.1 Å². The van der Waals surface area contributed by atoms with E-state index in [1.165, 1.54) is 0 Å². The van der Waals surface area contributed by atoms with Crippen LogP contribution in [0.1, 0.15) is 44.5 Å². The zero-order valence-electron chi connectivity index (χ0n) is 10.3. The first-order chi connectivity index (χ1) is 8.56. The van der Waals surface area contributed by atoms with Crippen LogP contribution in [0.3, 0.4) is 0 Å². The minimum absolute atomic E-state index is 0.378. The Balaban J connectivity index is 1.92. The van der Waals surface area contributed by atoms with E-state index in [4.69, 9.17) is 14.4 Å². The number of carboxylic acid groups (broad SMARTS) is 1. The van der Waals surface area contributed by atoms with Crippen molar-refractivity contribution in [1.82, 2.24) is 10.1 Å². The molecular formula is C11H16N2O4S. The standard InChI is InChI=1S/C11H16N2O4S/c1-6(2)18-5-9-12-10(17-13-9)7-3-4-8(16-7)11(14)15/h6-8H,3-5H2,1-2H3,(H,14,15). The summed E-state index contributed by atoms with van der Waals surface area (Å²) in [4.78, 5) is 15.0. The maximum atomic E-state index is 10.8. The highest BCUT2D eigenvalue weighted by molar-refractivity contribution is 7.99. The fourth-order valence-corrected chi connectivity index (χ4v) is 2.30. The molecule has 1 saturated heterocycles. The molecule has 0 spiro atoms. The van der Waals surface area contributed by atoms with Gasteiger partial charge in [0.2, 0.25) is 0 Å². The van der Waals surface area contributed by atoms with E-state index in [0.717, 1.165) is 0 Å². The number of ether oxygens (including phenoxy) is 1. The van der Waals surface area contributed by atoms with E-state index >= 15 is 0 Å². The number of aliphatic carboxylic acids is 1. The molecule has 2 rings (SSSR count). The summed E-state index contributed by atoms with van der Waals surface area (Å²) in [5.74, 6) is 0.771. The van der Waals surface area contributed by atoms with Crippen LogP contribution >= 0.6 is 11.8 Å². The van der Waals surface area contributed by atoms with Gasteiger partial charge in [-0.25, -0.2) is 4.79 Å². The second kappa shape index (κ2) is 5.71. The van der Waals surface area contributed by atoms with Crippen molar-refractivity contribution in [2.24, 2.45) is 0 Å². The topological polar surface area (TPSA) is 85.5 Å². The molecule has 2 unspecified atom stereocenters. The zero-order valence-corrected chi connectivity index (χ0v) is 11.1. The second-order valence-corrected chi connectivity index (χ2v) is 6.00. The lowest BCUT2D eigenvalue weighted by Gasteiger charge is -2.05. The summed E-state index contributed by atoms with van der Waals surface area (Å²) < 4.78 is 10.5.